The van der Waals surface area contributed by atoms with Crippen LogP contribution in [-0.4, -0.2) is 30.6 Å². The van der Waals surface area contributed by atoms with Crippen LogP contribution in [0.25, 0.3) is 0 Å². The number of rotatable bonds is 6. The number of nitrogens with one attached hydrogen (secondary N) is 3. The molecule has 5 nitrogen and oxygen atoms in total. The average Bonchev–Trinajstić information content (AvgIpc) is 2.61. The second-order valence-corrected chi connectivity index (χ2v) is 10.1. The Hall–Kier alpha value is -1.26. The van der Waals surface area contributed by atoms with Crippen LogP contribution >= 0.6 is 0 Å². The molecule has 152 valence electrons. The van der Waals surface area contributed by atoms with Crippen molar-refractivity contribution in [3.05, 3.63) is 0 Å². The van der Waals surface area contributed by atoms with Gasteiger partial charge in [-0.3, -0.25) is 4.79 Å². The number of carbonyl (C=O) groups excluding carboxylic acids is 2. The third kappa shape index (κ3) is 4.43. The van der Waals surface area contributed by atoms with Gasteiger partial charge in [0, 0.05) is 25.0 Å². The molecule has 5 aliphatic rings. The highest BCUT2D eigenvalue weighted by atomic mass is 16.2. The van der Waals surface area contributed by atoms with Gasteiger partial charge >= 0.3 is 6.03 Å². The lowest BCUT2D eigenvalue weighted by Crippen LogP contribution is -2.56. The van der Waals surface area contributed by atoms with Gasteiger partial charge in [-0.05, 0) is 81.5 Å². The van der Waals surface area contributed by atoms with Gasteiger partial charge in [0.15, 0.2) is 0 Å². The van der Waals surface area contributed by atoms with Gasteiger partial charge in [0.25, 0.3) is 0 Å². The fraction of sp³-hybridized carbons (Fsp3) is 0.909. The Bertz CT molecular complexity index is 520. The summed E-state index contributed by atoms with van der Waals surface area (Å²) in [5.74, 6) is 2.79. The summed E-state index contributed by atoms with van der Waals surface area (Å²) in [5.41, 5.74) is 0.343. The Morgan fingerprint density at radius 3 is 2.15 bits per heavy atom. The molecular formula is C22H37N3O2. The summed E-state index contributed by atoms with van der Waals surface area (Å²) in [5, 5.41) is 9.18. The molecule has 5 heteroatoms. The summed E-state index contributed by atoms with van der Waals surface area (Å²) >= 11 is 0. The van der Waals surface area contributed by atoms with E-state index in [4.69, 9.17) is 0 Å². The molecule has 0 aromatic carbocycles. The molecule has 5 aliphatic carbocycles. The molecule has 0 heterocycles. The zero-order valence-electron chi connectivity index (χ0n) is 16.9. The van der Waals surface area contributed by atoms with Crippen LogP contribution in [0.5, 0.6) is 0 Å². The lowest BCUT2D eigenvalue weighted by Gasteiger charge is -2.59. The van der Waals surface area contributed by atoms with Crippen LogP contribution in [-0.2, 0) is 4.79 Å². The molecular weight excluding hydrogens is 338 g/mol. The van der Waals surface area contributed by atoms with Gasteiger partial charge in [-0.1, -0.05) is 19.3 Å². The van der Waals surface area contributed by atoms with E-state index in [1.54, 1.807) is 0 Å². The van der Waals surface area contributed by atoms with Crippen molar-refractivity contribution in [3.63, 3.8) is 0 Å². The summed E-state index contributed by atoms with van der Waals surface area (Å²) < 4.78 is 0. The molecule has 27 heavy (non-hydrogen) atoms. The zero-order valence-corrected chi connectivity index (χ0v) is 16.9. The maximum atomic E-state index is 12.4. The topological polar surface area (TPSA) is 70.2 Å². The number of hydrogen-bond donors (Lipinski definition) is 3. The molecule has 0 spiro atoms. The average molecular weight is 376 g/mol. The SMILES string of the molecule is C[C@H](NC(=O)CCNC(=O)NC1CCCCC1)C12CC3CC(CC(C3)C1)C2. The number of carbonyl (C=O) groups is 2. The molecule has 5 saturated carbocycles. The van der Waals surface area contributed by atoms with Crippen LogP contribution in [0, 0.1) is 23.2 Å². The quantitative estimate of drug-likeness (QED) is 0.662. The molecule has 0 aliphatic heterocycles. The van der Waals surface area contributed by atoms with E-state index < -0.39 is 0 Å². The van der Waals surface area contributed by atoms with Crippen molar-refractivity contribution in [1.29, 1.82) is 0 Å². The van der Waals surface area contributed by atoms with Crippen molar-refractivity contribution in [2.24, 2.45) is 23.2 Å². The molecule has 1 atom stereocenters. The Morgan fingerprint density at radius 2 is 1.56 bits per heavy atom. The minimum Gasteiger partial charge on any atom is -0.353 e. The van der Waals surface area contributed by atoms with Gasteiger partial charge in [0.1, 0.15) is 0 Å². The lowest BCUT2D eigenvalue weighted by atomic mass is 9.48. The molecule has 0 radical (unpaired) electrons. The van der Waals surface area contributed by atoms with E-state index in [1.807, 2.05) is 0 Å². The van der Waals surface area contributed by atoms with Crippen LogP contribution < -0.4 is 16.0 Å². The van der Waals surface area contributed by atoms with Gasteiger partial charge in [0.05, 0.1) is 0 Å². The minimum absolute atomic E-state index is 0.0798. The van der Waals surface area contributed by atoms with E-state index in [-0.39, 0.29) is 18.0 Å². The van der Waals surface area contributed by atoms with Crippen LogP contribution in [0.15, 0.2) is 0 Å². The van der Waals surface area contributed by atoms with Gasteiger partial charge in [-0.2, -0.15) is 0 Å². The molecule has 3 amide bonds. The monoisotopic (exact) mass is 375 g/mol. The second kappa shape index (κ2) is 8.00. The summed E-state index contributed by atoms with van der Waals surface area (Å²) in [6.45, 7) is 2.63. The van der Waals surface area contributed by atoms with Crippen molar-refractivity contribution >= 4 is 11.9 Å². The van der Waals surface area contributed by atoms with E-state index in [0.717, 1.165) is 30.6 Å². The Labute approximate surface area is 163 Å². The maximum absolute atomic E-state index is 12.4. The fourth-order valence-corrected chi connectivity index (χ4v) is 6.95. The summed E-state index contributed by atoms with van der Waals surface area (Å²) in [6, 6.07) is 0.446. The van der Waals surface area contributed by atoms with Crippen LogP contribution in [0.1, 0.15) is 84.0 Å². The fourth-order valence-electron chi connectivity index (χ4n) is 6.95. The Kier molecular flexibility index (Phi) is 5.65. The zero-order chi connectivity index (χ0) is 18.9. The lowest BCUT2D eigenvalue weighted by molar-refractivity contribution is -0.125. The maximum Gasteiger partial charge on any atom is 0.315 e. The standard InChI is InChI=1S/C22H37N3O2/c1-15(22-12-16-9-17(13-22)11-18(10-16)14-22)24-20(26)7-8-23-21(27)25-19-5-3-2-4-6-19/h15-19H,2-14H2,1H3,(H,24,26)(H2,23,25,27)/t15-,16?,17?,18?,22?/m0/s1. The first-order valence-electron chi connectivity index (χ1n) is 11.4. The highest BCUT2D eigenvalue weighted by molar-refractivity contribution is 5.78. The molecule has 4 bridgehead atoms. The molecule has 0 aromatic rings. The first-order valence-corrected chi connectivity index (χ1v) is 11.4. The van der Waals surface area contributed by atoms with Gasteiger partial charge < -0.3 is 16.0 Å². The van der Waals surface area contributed by atoms with Crippen molar-refractivity contribution in [2.75, 3.05) is 6.54 Å². The second-order valence-electron chi connectivity index (χ2n) is 10.1. The molecule has 3 N–H and O–H groups in total. The first kappa shape index (κ1) is 19.1. The molecule has 0 saturated heterocycles. The van der Waals surface area contributed by atoms with Gasteiger partial charge in [-0.15, -0.1) is 0 Å². The molecule has 0 aromatic heterocycles. The molecule has 5 rings (SSSR count). The normalized spacial score (nSPS) is 36.3. The van der Waals surface area contributed by atoms with E-state index in [1.165, 1.54) is 57.8 Å². The third-order valence-corrected chi connectivity index (χ3v) is 7.96. The van der Waals surface area contributed by atoms with Crippen molar-refractivity contribution < 1.29 is 9.59 Å². The van der Waals surface area contributed by atoms with E-state index >= 15 is 0 Å². The van der Waals surface area contributed by atoms with Crippen LogP contribution in [0.4, 0.5) is 4.79 Å². The third-order valence-electron chi connectivity index (χ3n) is 7.96. The summed E-state index contributed by atoms with van der Waals surface area (Å²) in [7, 11) is 0. The largest absolute Gasteiger partial charge is 0.353 e. The van der Waals surface area contributed by atoms with E-state index in [0.29, 0.717) is 24.4 Å². The van der Waals surface area contributed by atoms with Crippen molar-refractivity contribution in [3.8, 4) is 0 Å². The number of urea groups is 1. The Balaban J connectivity index is 1.18. The van der Waals surface area contributed by atoms with Crippen LogP contribution in [0.3, 0.4) is 0 Å². The molecule has 5 fully saturated rings. The van der Waals surface area contributed by atoms with Gasteiger partial charge in [0.2, 0.25) is 5.91 Å². The van der Waals surface area contributed by atoms with Gasteiger partial charge in [-0.25, -0.2) is 4.79 Å². The highest BCUT2D eigenvalue weighted by Gasteiger charge is 2.53. The van der Waals surface area contributed by atoms with E-state index in [2.05, 4.69) is 22.9 Å². The minimum atomic E-state index is -0.121. The van der Waals surface area contributed by atoms with Crippen molar-refractivity contribution in [1.82, 2.24) is 16.0 Å². The van der Waals surface area contributed by atoms with Crippen LogP contribution in [0.2, 0.25) is 0 Å². The number of hydrogen-bond acceptors (Lipinski definition) is 2. The van der Waals surface area contributed by atoms with E-state index in [9.17, 15) is 9.59 Å². The Morgan fingerprint density at radius 1 is 0.963 bits per heavy atom. The summed E-state index contributed by atoms with van der Waals surface area (Å²) in [6.07, 6.45) is 14.4. The smallest absolute Gasteiger partial charge is 0.315 e. The summed E-state index contributed by atoms with van der Waals surface area (Å²) in [4.78, 5) is 24.4. The highest BCUT2D eigenvalue weighted by Crippen LogP contribution is 2.61. The first-order chi connectivity index (χ1) is 13.0. The number of amides is 3. The van der Waals surface area contributed by atoms with Crippen molar-refractivity contribution in [2.45, 2.75) is 96.1 Å². The molecule has 0 unspecified atom stereocenters. The predicted octanol–water partition coefficient (Wildman–Crippen LogP) is 3.73. The predicted molar refractivity (Wildman–Crippen MR) is 106 cm³/mol.